The van der Waals surface area contributed by atoms with E-state index in [0.29, 0.717) is 18.8 Å². The number of amides is 1. The van der Waals surface area contributed by atoms with Gasteiger partial charge in [0.05, 0.1) is 5.92 Å². The van der Waals surface area contributed by atoms with E-state index >= 15 is 0 Å². The van der Waals surface area contributed by atoms with Crippen LogP contribution in [0, 0.1) is 17.8 Å². The lowest BCUT2D eigenvalue weighted by atomic mass is 9.80. The lowest BCUT2D eigenvalue weighted by Gasteiger charge is -2.34. The minimum atomic E-state index is -4.11. The third-order valence-corrected chi connectivity index (χ3v) is 5.83. The maximum Gasteiger partial charge on any atom is 0.391 e. The van der Waals surface area contributed by atoms with Crippen molar-refractivity contribution in [3.05, 3.63) is 0 Å². The minimum absolute atomic E-state index is 0.0338. The number of nitrogens with one attached hydrogen (secondary N) is 1. The van der Waals surface area contributed by atoms with Crippen molar-refractivity contribution in [3.8, 4) is 0 Å². The second-order valence-electron chi connectivity index (χ2n) is 6.40. The molecule has 1 amide bonds. The molecule has 0 aliphatic heterocycles. The zero-order chi connectivity index (χ0) is 15.5. The molecule has 122 valence electrons. The molecule has 0 aromatic carbocycles. The molecule has 0 aromatic rings. The molecule has 0 spiro atoms. The van der Waals surface area contributed by atoms with Crippen LogP contribution in [0.4, 0.5) is 13.2 Å². The minimum Gasteiger partial charge on any atom is -0.353 e. The fourth-order valence-corrected chi connectivity index (χ4v) is 4.34. The third-order valence-electron chi connectivity index (χ3n) is 5.00. The average molecular weight is 370 g/mol. The maximum atomic E-state index is 12.6. The Hall–Kier alpha value is -0.260. The molecule has 0 aromatic heterocycles. The van der Waals surface area contributed by atoms with Gasteiger partial charge in [-0.25, -0.2) is 0 Å². The molecule has 21 heavy (non-hydrogen) atoms. The highest BCUT2D eigenvalue weighted by molar-refractivity contribution is 9.09. The Morgan fingerprint density at radius 2 is 1.67 bits per heavy atom. The van der Waals surface area contributed by atoms with E-state index in [-0.39, 0.29) is 30.7 Å². The lowest BCUT2D eigenvalue weighted by Crippen LogP contribution is -2.46. The van der Waals surface area contributed by atoms with Gasteiger partial charge in [0.15, 0.2) is 0 Å². The van der Waals surface area contributed by atoms with Gasteiger partial charge < -0.3 is 5.32 Å². The topological polar surface area (TPSA) is 29.1 Å². The number of carbonyl (C=O) groups excluding carboxylic acids is 1. The molecule has 2 atom stereocenters. The van der Waals surface area contributed by atoms with Gasteiger partial charge in [-0.05, 0) is 44.4 Å². The molecular weight excluding hydrogens is 347 g/mol. The highest BCUT2D eigenvalue weighted by Crippen LogP contribution is 2.39. The van der Waals surface area contributed by atoms with Crippen molar-refractivity contribution >= 4 is 21.8 Å². The molecule has 2 aliphatic rings. The second kappa shape index (κ2) is 7.34. The Balaban J connectivity index is 1.82. The standard InChI is InChI=1S/C15H23BrF3NO/c16-9-11-3-1-2-4-13(11)20-14(21)10-5-7-12(8-6-10)15(17,18)19/h10-13H,1-9H2,(H,20,21). The van der Waals surface area contributed by atoms with Crippen LogP contribution in [0.15, 0.2) is 0 Å². The molecule has 6 heteroatoms. The van der Waals surface area contributed by atoms with Crippen LogP contribution in [-0.2, 0) is 4.79 Å². The van der Waals surface area contributed by atoms with Crippen LogP contribution in [0.2, 0.25) is 0 Å². The quantitative estimate of drug-likeness (QED) is 0.732. The molecule has 2 rings (SSSR count). The van der Waals surface area contributed by atoms with E-state index in [1.807, 2.05) is 0 Å². The molecule has 0 bridgehead atoms. The third kappa shape index (κ3) is 4.60. The highest BCUT2D eigenvalue weighted by Gasteiger charge is 2.42. The van der Waals surface area contributed by atoms with Crippen LogP contribution in [-0.4, -0.2) is 23.5 Å². The van der Waals surface area contributed by atoms with Crippen LogP contribution in [0.3, 0.4) is 0 Å². The van der Waals surface area contributed by atoms with Gasteiger partial charge in [-0.15, -0.1) is 0 Å². The van der Waals surface area contributed by atoms with Gasteiger partial charge >= 0.3 is 6.18 Å². The molecular formula is C15H23BrF3NO. The van der Waals surface area contributed by atoms with Crippen molar-refractivity contribution in [2.75, 3.05) is 5.33 Å². The van der Waals surface area contributed by atoms with Crippen molar-refractivity contribution in [1.82, 2.24) is 5.32 Å². The zero-order valence-electron chi connectivity index (χ0n) is 12.1. The largest absolute Gasteiger partial charge is 0.391 e. The number of hydrogen-bond donors (Lipinski definition) is 1. The smallest absolute Gasteiger partial charge is 0.353 e. The van der Waals surface area contributed by atoms with Crippen molar-refractivity contribution in [1.29, 1.82) is 0 Å². The zero-order valence-corrected chi connectivity index (χ0v) is 13.7. The monoisotopic (exact) mass is 369 g/mol. The van der Waals surface area contributed by atoms with Crippen LogP contribution in [0.25, 0.3) is 0 Å². The van der Waals surface area contributed by atoms with Crippen LogP contribution >= 0.6 is 15.9 Å². The molecule has 2 fully saturated rings. The summed E-state index contributed by atoms with van der Waals surface area (Å²) in [6.45, 7) is 0. The van der Waals surface area contributed by atoms with Crippen molar-refractivity contribution in [2.24, 2.45) is 17.8 Å². The first kappa shape index (κ1) is 17.1. The van der Waals surface area contributed by atoms with Gasteiger partial charge in [-0.3, -0.25) is 4.79 Å². The van der Waals surface area contributed by atoms with Gasteiger partial charge in [0.25, 0.3) is 0 Å². The Kier molecular flexibility index (Phi) is 5.97. The van der Waals surface area contributed by atoms with Gasteiger partial charge in [0.2, 0.25) is 5.91 Å². The van der Waals surface area contributed by atoms with Gasteiger partial charge in [0, 0.05) is 17.3 Å². The number of hydrogen-bond acceptors (Lipinski definition) is 1. The number of alkyl halides is 4. The lowest BCUT2D eigenvalue weighted by molar-refractivity contribution is -0.184. The van der Waals surface area contributed by atoms with E-state index < -0.39 is 12.1 Å². The summed E-state index contributed by atoms with van der Waals surface area (Å²) in [5.74, 6) is -1.03. The summed E-state index contributed by atoms with van der Waals surface area (Å²) in [4.78, 5) is 12.3. The van der Waals surface area contributed by atoms with E-state index in [9.17, 15) is 18.0 Å². The average Bonchev–Trinajstić information content (AvgIpc) is 2.47. The van der Waals surface area contributed by atoms with Crippen molar-refractivity contribution in [3.63, 3.8) is 0 Å². The second-order valence-corrected chi connectivity index (χ2v) is 7.05. The molecule has 2 aliphatic carbocycles. The summed E-state index contributed by atoms with van der Waals surface area (Å²) in [7, 11) is 0. The van der Waals surface area contributed by atoms with E-state index in [0.717, 1.165) is 24.6 Å². The van der Waals surface area contributed by atoms with E-state index in [4.69, 9.17) is 0 Å². The number of carbonyl (C=O) groups is 1. The predicted molar refractivity (Wildman–Crippen MR) is 79.2 cm³/mol. The summed E-state index contributed by atoms with van der Waals surface area (Å²) < 4.78 is 37.9. The first-order chi connectivity index (χ1) is 9.91. The van der Waals surface area contributed by atoms with Crippen LogP contribution in [0.1, 0.15) is 51.4 Å². The summed E-state index contributed by atoms with van der Waals surface area (Å²) in [5.41, 5.74) is 0. The first-order valence-electron chi connectivity index (χ1n) is 7.85. The normalized spacial score (nSPS) is 34.5. The van der Waals surface area contributed by atoms with E-state index in [1.165, 1.54) is 6.42 Å². The molecule has 1 N–H and O–H groups in total. The fourth-order valence-electron chi connectivity index (χ4n) is 3.57. The van der Waals surface area contributed by atoms with Gasteiger partial charge in [0.1, 0.15) is 0 Å². The summed E-state index contributed by atoms with van der Waals surface area (Å²) in [6, 6.07) is 0.186. The van der Waals surface area contributed by atoms with Crippen molar-refractivity contribution < 1.29 is 18.0 Å². The van der Waals surface area contributed by atoms with Gasteiger partial charge in [-0.2, -0.15) is 13.2 Å². The molecule has 0 saturated heterocycles. The molecule has 0 heterocycles. The predicted octanol–water partition coefficient (Wildman–Crippen LogP) is 4.43. The fraction of sp³-hybridized carbons (Fsp3) is 0.933. The Morgan fingerprint density at radius 3 is 2.24 bits per heavy atom. The Morgan fingerprint density at radius 1 is 1.05 bits per heavy atom. The first-order valence-corrected chi connectivity index (χ1v) is 8.97. The number of halogens is 4. The SMILES string of the molecule is O=C(NC1CCCCC1CBr)C1CCC(C(F)(F)F)CC1. The summed E-state index contributed by atoms with van der Waals surface area (Å²) >= 11 is 3.49. The molecule has 2 saturated carbocycles. The Bertz CT molecular complexity index is 353. The summed E-state index contributed by atoms with van der Waals surface area (Å²) in [6.07, 6.45) is 1.21. The molecule has 2 nitrogen and oxygen atoms in total. The number of rotatable bonds is 3. The van der Waals surface area contributed by atoms with E-state index in [2.05, 4.69) is 21.2 Å². The van der Waals surface area contributed by atoms with Crippen LogP contribution < -0.4 is 5.32 Å². The van der Waals surface area contributed by atoms with Gasteiger partial charge in [-0.1, -0.05) is 28.8 Å². The van der Waals surface area contributed by atoms with Crippen LogP contribution in [0.5, 0.6) is 0 Å². The Labute approximate surface area is 132 Å². The van der Waals surface area contributed by atoms with Crippen molar-refractivity contribution in [2.45, 2.75) is 63.6 Å². The summed E-state index contributed by atoms with van der Waals surface area (Å²) in [5, 5.41) is 3.97. The maximum absolute atomic E-state index is 12.6. The molecule has 2 unspecified atom stereocenters. The molecule has 0 radical (unpaired) electrons. The highest BCUT2D eigenvalue weighted by atomic mass is 79.9. The van der Waals surface area contributed by atoms with E-state index in [1.54, 1.807) is 0 Å².